The summed E-state index contributed by atoms with van der Waals surface area (Å²) in [6.45, 7) is 12.9. The van der Waals surface area contributed by atoms with Gasteiger partial charge in [-0.3, -0.25) is 33.8 Å². The van der Waals surface area contributed by atoms with Crippen LogP contribution in [-0.4, -0.2) is 98.0 Å². The van der Waals surface area contributed by atoms with E-state index in [1.54, 1.807) is 65.0 Å². The van der Waals surface area contributed by atoms with Gasteiger partial charge in [0.1, 0.15) is 29.9 Å². The monoisotopic (exact) mass is 735 g/mol. The number of likely N-dealkylation sites (tertiary alicyclic amines) is 1. The fourth-order valence-electron chi connectivity index (χ4n) is 6.45. The molecule has 6 atom stereocenters. The van der Waals surface area contributed by atoms with E-state index in [0.717, 1.165) is 0 Å². The van der Waals surface area contributed by atoms with Crippen molar-refractivity contribution in [2.24, 2.45) is 23.7 Å². The number of ketones is 1. The molecule has 1 aromatic carbocycles. The summed E-state index contributed by atoms with van der Waals surface area (Å²) in [6, 6.07) is 2.92. The van der Waals surface area contributed by atoms with Gasteiger partial charge < -0.3 is 31.3 Å². The molecule has 0 spiro atoms. The largest absolute Gasteiger partial charge is 0.480 e. The lowest BCUT2D eigenvalue weighted by atomic mass is 9.87. The lowest BCUT2D eigenvalue weighted by molar-refractivity contribution is -0.146. The topological polar surface area (TPSA) is 217 Å². The first-order valence-corrected chi connectivity index (χ1v) is 18.2. The highest BCUT2D eigenvalue weighted by atomic mass is 16.4. The highest BCUT2D eigenvalue weighted by Gasteiger charge is 2.46. The molecule has 1 fully saturated rings. The van der Waals surface area contributed by atoms with E-state index in [4.69, 9.17) is 0 Å². The number of nitrogens with one attached hydrogen (secondary N) is 4. The smallest absolute Gasteiger partial charge is 0.326 e. The molecule has 1 aliphatic rings. The maximum Gasteiger partial charge on any atom is 0.326 e. The number of carboxylic acids is 1. The molecule has 15 heteroatoms. The number of aliphatic carboxylic acids is 1. The third kappa shape index (κ3) is 11.4. The lowest BCUT2D eigenvalue weighted by Gasteiger charge is -2.34. The fourth-order valence-corrected chi connectivity index (χ4v) is 6.45. The normalized spacial score (nSPS) is 17.8. The van der Waals surface area contributed by atoms with E-state index in [1.807, 2.05) is 13.8 Å². The van der Waals surface area contributed by atoms with Crippen molar-refractivity contribution in [2.75, 3.05) is 6.54 Å². The van der Waals surface area contributed by atoms with Gasteiger partial charge in [-0.25, -0.2) is 9.78 Å². The van der Waals surface area contributed by atoms with E-state index in [0.29, 0.717) is 18.4 Å². The SMILES string of the molecule is CCCC(NC(=O)[C@@H]1[C@@H](C(C)C)CCN1C(=O)[C@@H](NC(=O)[C@@H](NC(=O)c1cnccn1)C(C)C)C(C)C)C(=O)C(=O)N[C@@H](Cc1ccccc1)C(=O)O. The van der Waals surface area contributed by atoms with Crippen molar-refractivity contribution in [3.8, 4) is 0 Å². The number of hydrogen-bond acceptors (Lipinski definition) is 9. The van der Waals surface area contributed by atoms with Crippen LogP contribution < -0.4 is 21.3 Å². The second-order valence-corrected chi connectivity index (χ2v) is 14.5. The number of carbonyl (C=O) groups excluding carboxylic acids is 6. The minimum absolute atomic E-state index is 0.0271. The number of benzene rings is 1. The highest BCUT2D eigenvalue weighted by Crippen LogP contribution is 2.32. The van der Waals surface area contributed by atoms with Crippen molar-refractivity contribution in [1.82, 2.24) is 36.1 Å². The maximum absolute atomic E-state index is 14.3. The summed E-state index contributed by atoms with van der Waals surface area (Å²) < 4.78 is 0. The molecule has 2 aromatic rings. The van der Waals surface area contributed by atoms with Crippen molar-refractivity contribution >= 4 is 41.3 Å². The van der Waals surface area contributed by atoms with Crippen LogP contribution in [0.25, 0.3) is 0 Å². The van der Waals surface area contributed by atoms with Crippen LogP contribution in [0.5, 0.6) is 0 Å². The second kappa shape index (κ2) is 19.6. The second-order valence-electron chi connectivity index (χ2n) is 14.5. The quantitative estimate of drug-likeness (QED) is 0.140. The van der Waals surface area contributed by atoms with Crippen molar-refractivity contribution < 1.29 is 38.7 Å². The van der Waals surface area contributed by atoms with Crippen LogP contribution >= 0.6 is 0 Å². The summed E-state index contributed by atoms with van der Waals surface area (Å²) in [5.74, 6) is -6.87. The molecule has 0 radical (unpaired) electrons. The molecule has 5 amide bonds. The molecule has 1 unspecified atom stereocenters. The zero-order chi connectivity index (χ0) is 39.4. The Morgan fingerprint density at radius 2 is 1.51 bits per heavy atom. The molecule has 0 bridgehead atoms. The van der Waals surface area contributed by atoms with E-state index in [9.17, 15) is 38.7 Å². The van der Waals surface area contributed by atoms with Gasteiger partial charge in [-0.2, -0.15) is 0 Å². The molecule has 1 aliphatic heterocycles. The van der Waals surface area contributed by atoms with Gasteiger partial charge in [0.2, 0.25) is 23.5 Å². The van der Waals surface area contributed by atoms with E-state index >= 15 is 0 Å². The van der Waals surface area contributed by atoms with Crippen LogP contribution in [-0.2, 0) is 35.2 Å². The van der Waals surface area contributed by atoms with Gasteiger partial charge >= 0.3 is 5.97 Å². The zero-order valence-electron chi connectivity index (χ0n) is 31.5. The Labute approximate surface area is 310 Å². The highest BCUT2D eigenvalue weighted by molar-refractivity contribution is 6.38. The van der Waals surface area contributed by atoms with Gasteiger partial charge in [-0.1, -0.05) is 85.2 Å². The van der Waals surface area contributed by atoms with Gasteiger partial charge in [0.25, 0.3) is 11.8 Å². The van der Waals surface area contributed by atoms with Crippen LogP contribution in [0.1, 0.15) is 83.8 Å². The van der Waals surface area contributed by atoms with E-state index in [1.165, 1.54) is 23.5 Å². The Balaban J connectivity index is 1.80. The minimum Gasteiger partial charge on any atom is -0.480 e. The first kappa shape index (κ1) is 42.2. The molecule has 288 valence electrons. The fraction of sp³-hybridized carbons (Fsp3) is 0.553. The molecule has 1 aromatic heterocycles. The summed E-state index contributed by atoms with van der Waals surface area (Å²) >= 11 is 0. The van der Waals surface area contributed by atoms with Gasteiger partial charge in [0.15, 0.2) is 0 Å². The van der Waals surface area contributed by atoms with Gasteiger partial charge in [0, 0.05) is 25.4 Å². The summed E-state index contributed by atoms with van der Waals surface area (Å²) in [5.41, 5.74) is 0.679. The van der Waals surface area contributed by atoms with Crippen LogP contribution in [0.4, 0.5) is 0 Å². The van der Waals surface area contributed by atoms with E-state index in [2.05, 4.69) is 31.2 Å². The Kier molecular flexibility index (Phi) is 15.6. The number of aromatic nitrogens is 2. The molecule has 53 heavy (non-hydrogen) atoms. The third-order valence-corrected chi connectivity index (χ3v) is 9.43. The summed E-state index contributed by atoms with van der Waals surface area (Å²) in [7, 11) is 0. The number of nitrogens with zero attached hydrogens (tertiary/aromatic N) is 3. The average Bonchev–Trinajstić information content (AvgIpc) is 3.58. The third-order valence-electron chi connectivity index (χ3n) is 9.43. The van der Waals surface area contributed by atoms with Crippen LogP contribution in [0.2, 0.25) is 0 Å². The Bertz CT molecular complexity index is 1600. The summed E-state index contributed by atoms with van der Waals surface area (Å²) in [6.07, 6.45) is 5.01. The minimum atomic E-state index is -1.38. The molecular formula is C38H53N7O8. The number of Topliss-reactive ketones (excluding diaryl/α,β-unsaturated/α-hetero) is 1. The van der Waals surface area contributed by atoms with E-state index in [-0.39, 0.29) is 42.8 Å². The number of hydrogen-bond donors (Lipinski definition) is 5. The average molecular weight is 736 g/mol. The number of carboxylic acid groups (broad SMARTS) is 1. The van der Waals surface area contributed by atoms with E-state index < -0.39 is 77.4 Å². The molecule has 15 nitrogen and oxygen atoms in total. The van der Waals surface area contributed by atoms with Gasteiger partial charge in [-0.15, -0.1) is 0 Å². The Morgan fingerprint density at radius 1 is 0.849 bits per heavy atom. The number of amides is 5. The molecule has 3 rings (SSSR count). The Hall–Kier alpha value is -5.21. The van der Waals surface area contributed by atoms with Gasteiger partial charge in [0.05, 0.1) is 12.2 Å². The predicted molar refractivity (Wildman–Crippen MR) is 195 cm³/mol. The summed E-state index contributed by atoms with van der Waals surface area (Å²) in [5, 5.41) is 20.3. The predicted octanol–water partition coefficient (Wildman–Crippen LogP) is 1.91. The zero-order valence-corrected chi connectivity index (χ0v) is 31.5. The van der Waals surface area contributed by atoms with Gasteiger partial charge in [-0.05, 0) is 42.1 Å². The molecular weight excluding hydrogens is 682 g/mol. The maximum atomic E-state index is 14.3. The molecule has 5 N–H and O–H groups in total. The Morgan fingerprint density at radius 3 is 2.06 bits per heavy atom. The molecule has 1 saturated heterocycles. The number of rotatable bonds is 18. The molecule has 0 aliphatic carbocycles. The van der Waals surface area contributed by atoms with Crippen LogP contribution in [0, 0.1) is 23.7 Å². The van der Waals surface area contributed by atoms with Crippen LogP contribution in [0.15, 0.2) is 48.9 Å². The van der Waals surface area contributed by atoms with Crippen molar-refractivity contribution in [1.29, 1.82) is 0 Å². The van der Waals surface area contributed by atoms with Crippen LogP contribution in [0.3, 0.4) is 0 Å². The summed E-state index contributed by atoms with van der Waals surface area (Å²) in [4.78, 5) is 103. The number of carbonyl (C=O) groups is 7. The van der Waals surface area contributed by atoms with Crippen molar-refractivity contribution in [3.63, 3.8) is 0 Å². The lowest BCUT2D eigenvalue weighted by Crippen LogP contribution is -2.60. The standard InChI is InChI=1S/C38H53N7O8/c1-8-12-26(32(46)36(50)42-27(38(52)53)19-24-13-10-9-11-14-24)41-35(49)31-25(21(2)3)15-18-45(31)37(51)30(23(6)7)44-34(48)29(22(4)5)43-33(47)28-20-39-16-17-40-28/h9-11,13-14,16-17,20-23,25-27,29-31H,8,12,15,18-19H2,1-7H3,(H,41,49)(H,42,50)(H,43,47)(H,44,48)(H,52,53)/t25-,26?,27+,29+,30+,31+/m1/s1. The first-order valence-electron chi connectivity index (χ1n) is 18.2. The van der Waals surface area contributed by atoms with Crippen molar-refractivity contribution in [3.05, 3.63) is 60.2 Å². The first-order chi connectivity index (χ1) is 25.1. The molecule has 0 saturated carbocycles. The van der Waals surface area contributed by atoms with Crippen molar-refractivity contribution in [2.45, 2.75) is 104 Å². The molecule has 2 heterocycles.